The van der Waals surface area contributed by atoms with Crippen LogP contribution in [0.15, 0.2) is 36.5 Å². The van der Waals surface area contributed by atoms with Gasteiger partial charge in [-0.05, 0) is 43.0 Å². The number of carboxylic acid groups (broad SMARTS) is 1. The highest BCUT2D eigenvalue weighted by atomic mass is 16.5. The second-order valence-corrected chi connectivity index (χ2v) is 5.07. The Morgan fingerprint density at radius 3 is 2.57 bits per heavy atom. The van der Waals surface area contributed by atoms with Gasteiger partial charge in [0.1, 0.15) is 5.75 Å². The maximum Gasteiger partial charge on any atom is 0.306 e. The number of ether oxygens (including phenoxy) is 1. The summed E-state index contributed by atoms with van der Waals surface area (Å²) in [5.41, 5.74) is 2.06. The number of aliphatic carboxylic acids is 1. The van der Waals surface area contributed by atoms with E-state index in [0.29, 0.717) is 19.3 Å². The quantitative estimate of drug-likeness (QED) is 0.849. The average molecular weight is 288 g/mol. The molecule has 5 heteroatoms. The third-order valence-corrected chi connectivity index (χ3v) is 3.66. The molecule has 112 valence electrons. The van der Waals surface area contributed by atoms with Gasteiger partial charge in [0.15, 0.2) is 0 Å². The summed E-state index contributed by atoms with van der Waals surface area (Å²) in [5, 5.41) is 13.5. The van der Waals surface area contributed by atoms with Crippen molar-refractivity contribution in [2.75, 3.05) is 7.11 Å². The van der Waals surface area contributed by atoms with Crippen molar-refractivity contribution in [3.63, 3.8) is 0 Å². The van der Waals surface area contributed by atoms with Crippen molar-refractivity contribution in [1.82, 2.24) is 9.78 Å². The summed E-state index contributed by atoms with van der Waals surface area (Å²) in [6, 6.07) is 9.47. The van der Waals surface area contributed by atoms with Gasteiger partial charge in [0, 0.05) is 18.9 Å². The minimum absolute atomic E-state index is 0.395. The summed E-state index contributed by atoms with van der Waals surface area (Å²) >= 11 is 0. The first-order chi connectivity index (χ1) is 10.1. The van der Waals surface area contributed by atoms with Gasteiger partial charge in [-0.1, -0.05) is 12.1 Å². The summed E-state index contributed by atoms with van der Waals surface area (Å²) < 4.78 is 6.89. The molecule has 0 aliphatic carbocycles. The van der Waals surface area contributed by atoms with E-state index in [1.165, 1.54) is 0 Å². The Bertz CT molecular complexity index is 590. The van der Waals surface area contributed by atoms with Crippen LogP contribution in [0.2, 0.25) is 0 Å². The van der Waals surface area contributed by atoms with Crippen molar-refractivity contribution >= 4 is 5.97 Å². The molecule has 0 amide bonds. The molecule has 0 radical (unpaired) electrons. The lowest BCUT2D eigenvalue weighted by atomic mass is 9.94. The van der Waals surface area contributed by atoms with Gasteiger partial charge >= 0.3 is 5.97 Å². The topological polar surface area (TPSA) is 64.4 Å². The van der Waals surface area contributed by atoms with Crippen molar-refractivity contribution in [2.24, 2.45) is 13.0 Å². The molecule has 1 aromatic carbocycles. The predicted molar refractivity (Wildman–Crippen MR) is 79.4 cm³/mol. The van der Waals surface area contributed by atoms with Gasteiger partial charge in [-0.25, -0.2) is 0 Å². The van der Waals surface area contributed by atoms with Crippen LogP contribution in [0.3, 0.4) is 0 Å². The fourth-order valence-electron chi connectivity index (χ4n) is 2.33. The minimum Gasteiger partial charge on any atom is -0.497 e. The van der Waals surface area contributed by atoms with Crippen LogP contribution < -0.4 is 4.74 Å². The van der Waals surface area contributed by atoms with Crippen LogP contribution in [-0.2, 0) is 24.7 Å². The Kier molecular flexibility index (Phi) is 4.98. The third-order valence-electron chi connectivity index (χ3n) is 3.66. The van der Waals surface area contributed by atoms with Crippen LogP contribution in [0.5, 0.6) is 5.75 Å². The number of hydrogen-bond acceptors (Lipinski definition) is 3. The van der Waals surface area contributed by atoms with E-state index < -0.39 is 11.9 Å². The number of carboxylic acids is 1. The molecule has 2 rings (SSSR count). The predicted octanol–water partition coefficient (Wildman–Crippen LogP) is 2.30. The Labute approximate surface area is 124 Å². The summed E-state index contributed by atoms with van der Waals surface area (Å²) in [4.78, 5) is 11.4. The number of nitrogens with zero attached hydrogens (tertiary/aromatic N) is 2. The van der Waals surface area contributed by atoms with Crippen LogP contribution in [0, 0.1) is 5.92 Å². The van der Waals surface area contributed by atoms with Crippen LogP contribution in [0.4, 0.5) is 0 Å². The first-order valence-corrected chi connectivity index (χ1v) is 6.92. The lowest BCUT2D eigenvalue weighted by Crippen LogP contribution is -2.18. The van der Waals surface area contributed by atoms with Gasteiger partial charge in [0.05, 0.1) is 13.0 Å². The van der Waals surface area contributed by atoms with E-state index in [9.17, 15) is 9.90 Å². The largest absolute Gasteiger partial charge is 0.497 e. The first-order valence-electron chi connectivity index (χ1n) is 6.92. The van der Waals surface area contributed by atoms with Gasteiger partial charge in [0.25, 0.3) is 0 Å². The zero-order valence-corrected chi connectivity index (χ0v) is 12.3. The van der Waals surface area contributed by atoms with Gasteiger partial charge in [-0.3, -0.25) is 9.48 Å². The van der Waals surface area contributed by atoms with Crippen molar-refractivity contribution < 1.29 is 14.6 Å². The molecule has 0 fully saturated rings. The Balaban J connectivity index is 1.98. The van der Waals surface area contributed by atoms with Crippen molar-refractivity contribution in [3.8, 4) is 5.75 Å². The molecule has 2 aromatic rings. The molecule has 0 saturated carbocycles. The number of aromatic nitrogens is 2. The molecule has 1 unspecified atom stereocenters. The second kappa shape index (κ2) is 6.92. The number of carbonyl (C=O) groups is 1. The molecular weight excluding hydrogens is 268 g/mol. The standard InChI is InChI=1S/C16H20N2O3/c1-18-14(9-10-17-18)6-5-13(16(19)20)11-12-3-7-15(21-2)8-4-12/h3-4,7-10,13H,5-6,11H2,1-2H3,(H,19,20). The number of aryl methyl sites for hydroxylation is 2. The summed E-state index contributed by atoms with van der Waals surface area (Å²) in [6.07, 6.45) is 3.57. The second-order valence-electron chi connectivity index (χ2n) is 5.07. The smallest absolute Gasteiger partial charge is 0.306 e. The zero-order valence-electron chi connectivity index (χ0n) is 12.3. The van der Waals surface area contributed by atoms with Crippen molar-refractivity contribution in [3.05, 3.63) is 47.8 Å². The number of rotatable bonds is 7. The molecule has 1 N–H and O–H groups in total. The maximum atomic E-state index is 11.4. The molecule has 0 saturated heterocycles. The highest BCUT2D eigenvalue weighted by molar-refractivity contribution is 5.70. The van der Waals surface area contributed by atoms with Crippen LogP contribution in [0.25, 0.3) is 0 Å². The van der Waals surface area contributed by atoms with E-state index in [1.807, 2.05) is 37.4 Å². The molecule has 0 aliphatic rings. The fraction of sp³-hybridized carbons (Fsp3) is 0.375. The van der Waals surface area contributed by atoms with Crippen LogP contribution >= 0.6 is 0 Å². The molecule has 5 nitrogen and oxygen atoms in total. The summed E-state index contributed by atoms with van der Waals surface area (Å²) in [7, 11) is 3.48. The Hall–Kier alpha value is -2.30. The molecule has 1 aromatic heterocycles. The Morgan fingerprint density at radius 2 is 2.05 bits per heavy atom. The number of benzene rings is 1. The van der Waals surface area contributed by atoms with Crippen LogP contribution in [-0.4, -0.2) is 28.0 Å². The average Bonchev–Trinajstić information content (AvgIpc) is 2.89. The van der Waals surface area contributed by atoms with E-state index in [1.54, 1.807) is 18.0 Å². The normalized spacial score (nSPS) is 12.1. The first kappa shape index (κ1) is 15.1. The molecule has 0 aliphatic heterocycles. The fourth-order valence-corrected chi connectivity index (χ4v) is 2.33. The molecule has 1 atom stereocenters. The van der Waals surface area contributed by atoms with E-state index >= 15 is 0 Å². The summed E-state index contributed by atoms with van der Waals surface area (Å²) in [6.45, 7) is 0. The monoisotopic (exact) mass is 288 g/mol. The Morgan fingerprint density at radius 1 is 1.33 bits per heavy atom. The minimum atomic E-state index is -0.756. The van der Waals surface area contributed by atoms with E-state index in [2.05, 4.69) is 5.10 Å². The lowest BCUT2D eigenvalue weighted by Gasteiger charge is -2.13. The molecule has 21 heavy (non-hydrogen) atoms. The van der Waals surface area contributed by atoms with Crippen molar-refractivity contribution in [1.29, 1.82) is 0 Å². The van der Waals surface area contributed by atoms with E-state index in [-0.39, 0.29) is 0 Å². The number of methoxy groups -OCH3 is 1. The van der Waals surface area contributed by atoms with E-state index in [4.69, 9.17) is 4.74 Å². The number of hydrogen-bond donors (Lipinski definition) is 1. The van der Waals surface area contributed by atoms with Gasteiger partial charge in [-0.15, -0.1) is 0 Å². The van der Waals surface area contributed by atoms with Gasteiger partial charge in [-0.2, -0.15) is 5.10 Å². The highest BCUT2D eigenvalue weighted by Crippen LogP contribution is 2.18. The summed E-state index contributed by atoms with van der Waals surface area (Å²) in [5.74, 6) is -0.373. The lowest BCUT2D eigenvalue weighted by molar-refractivity contribution is -0.141. The molecule has 0 bridgehead atoms. The maximum absolute atomic E-state index is 11.4. The van der Waals surface area contributed by atoms with Gasteiger partial charge < -0.3 is 9.84 Å². The molecule has 0 spiro atoms. The SMILES string of the molecule is COc1ccc(CC(CCc2ccnn2C)C(=O)O)cc1. The van der Waals surface area contributed by atoms with E-state index in [0.717, 1.165) is 17.0 Å². The van der Waals surface area contributed by atoms with Crippen LogP contribution in [0.1, 0.15) is 17.7 Å². The molecular formula is C16H20N2O3. The molecule has 1 heterocycles. The third kappa shape index (κ3) is 4.08. The van der Waals surface area contributed by atoms with Crippen molar-refractivity contribution in [2.45, 2.75) is 19.3 Å². The van der Waals surface area contributed by atoms with Gasteiger partial charge in [0.2, 0.25) is 0 Å². The highest BCUT2D eigenvalue weighted by Gasteiger charge is 2.18. The zero-order chi connectivity index (χ0) is 15.2.